The molecule has 8 nitrogen and oxygen atoms in total. The second-order valence-electron chi connectivity index (χ2n) is 25.0. The highest BCUT2D eigenvalue weighted by molar-refractivity contribution is 6.63. The van der Waals surface area contributed by atoms with Crippen molar-refractivity contribution in [2.45, 2.75) is 217 Å². The Morgan fingerprint density at radius 3 is 1.10 bits per heavy atom. The molecule has 0 amide bonds. The summed E-state index contributed by atoms with van der Waals surface area (Å²) in [6, 6.07) is 26.4. The molecule has 0 saturated carbocycles. The molecule has 2 saturated heterocycles. The van der Waals surface area contributed by atoms with Crippen LogP contribution in [0.3, 0.4) is 0 Å². The standard InChI is InChI=1S/C31H47BO4.C31H45BO4/c2*1-12-31(13-2,24-15-17-26(22(4)19-24)34-20-27(33)28(5,6)7)23-14-16-25(21(3)18-23)32-35-29(8,9)30(10,11)36-32/h14-19,27,33H,12-13,20H2,1-11H3;14-19H,12-13,20H2,1-11H3. The van der Waals surface area contributed by atoms with Crippen LogP contribution in [0.25, 0.3) is 0 Å². The predicted octanol–water partition coefficient (Wildman–Crippen LogP) is 13.2. The molecule has 4 aromatic carbocycles. The fourth-order valence-electron chi connectivity index (χ4n) is 9.88. The quantitative estimate of drug-likeness (QED) is 0.111. The molecule has 1 unspecified atom stereocenters. The Labute approximate surface area is 437 Å². The van der Waals surface area contributed by atoms with Crippen LogP contribution in [0, 0.1) is 38.5 Å². The van der Waals surface area contributed by atoms with Gasteiger partial charge in [-0.2, -0.15) is 0 Å². The van der Waals surface area contributed by atoms with E-state index < -0.39 is 11.5 Å². The van der Waals surface area contributed by atoms with E-state index in [1.54, 1.807) is 0 Å². The third-order valence-corrected chi connectivity index (χ3v) is 17.1. The average molecular weight is 987 g/mol. The summed E-state index contributed by atoms with van der Waals surface area (Å²) >= 11 is 0. The van der Waals surface area contributed by atoms with E-state index in [4.69, 9.17) is 28.1 Å². The lowest BCUT2D eigenvalue weighted by atomic mass is 9.68. The van der Waals surface area contributed by atoms with Crippen molar-refractivity contribution in [3.05, 3.63) is 117 Å². The minimum Gasteiger partial charge on any atom is -0.491 e. The van der Waals surface area contributed by atoms with E-state index in [-0.39, 0.29) is 71.9 Å². The predicted molar refractivity (Wildman–Crippen MR) is 300 cm³/mol. The fraction of sp³-hybridized carbons (Fsp3) is 0.597. The largest absolute Gasteiger partial charge is 0.495 e. The van der Waals surface area contributed by atoms with Crippen molar-refractivity contribution in [3.63, 3.8) is 0 Å². The summed E-state index contributed by atoms with van der Waals surface area (Å²) in [5.41, 5.74) is 9.55. The van der Waals surface area contributed by atoms with Gasteiger partial charge >= 0.3 is 14.2 Å². The molecule has 1 N–H and O–H groups in total. The summed E-state index contributed by atoms with van der Waals surface area (Å²) in [4.78, 5) is 12.3. The summed E-state index contributed by atoms with van der Waals surface area (Å²) < 4.78 is 37.2. The van der Waals surface area contributed by atoms with Crippen LogP contribution in [0.1, 0.15) is 195 Å². The van der Waals surface area contributed by atoms with Gasteiger partial charge in [0, 0.05) is 16.2 Å². The first-order valence-electron chi connectivity index (χ1n) is 26.8. The monoisotopic (exact) mass is 987 g/mol. The number of ether oxygens (including phenoxy) is 2. The lowest BCUT2D eigenvalue weighted by Gasteiger charge is -2.34. The van der Waals surface area contributed by atoms with Crippen molar-refractivity contribution >= 4 is 30.9 Å². The summed E-state index contributed by atoms with van der Waals surface area (Å²) in [6.45, 7) is 46.4. The maximum atomic E-state index is 12.3. The Morgan fingerprint density at radius 2 is 0.819 bits per heavy atom. The number of carbonyl (C=O) groups is 1. The van der Waals surface area contributed by atoms with Gasteiger partial charge in [0.2, 0.25) is 0 Å². The fourth-order valence-corrected chi connectivity index (χ4v) is 9.88. The zero-order valence-corrected chi connectivity index (χ0v) is 48.7. The highest BCUT2D eigenvalue weighted by atomic mass is 16.7. The number of Topliss-reactive ketones (excluding diaryl/α,β-unsaturated/α-hetero) is 1. The lowest BCUT2D eigenvalue weighted by Crippen LogP contribution is -2.41. The third-order valence-electron chi connectivity index (χ3n) is 17.1. The number of benzene rings is 4. The first-order chi connectivity index (χ1) is 33.2. The van der Waals surface area contributed by atoms with E-state index in [2.05, 4.69) is 178 Å². The summed E-state index contributed by atoms with van der Waals surface area (Å²) in [7, 11) is -0.722. The number of aryl methyl sites for hydroxylation is 4. The van der Waals surface area contributed by atoms with Gasteiger partial charge < -0.3 is 33.2 Å². The molecule has 394 valence electrons. The molecule has 1 atom stereocenters. The van der Waals surface area contributed by atoms with E-state index in [0.29, 0.717) is 0 Å². The Hall–Kier alpha value is -3.92. The second kappa shape index (κ2) is 21.7. The molecule has 2 fully saturated rings. The van der Waals surface area contributed by atoms with Crippen molar-refractivity contribution in [1.29, 1.82) is 0 Å². The third kappa shape index (κ3) is 12.1. The van der Waals surface area contributed by atoms with Gasteiger partial charge in [0.05, 0.1) is 28.5 Å². The molecule has 0 radical (unpaired) electrons. The molecule has 0 bridgehead atoms. The smallest absolute Gasteiger partial charge is 0.491 e. The highest BCUT2D eigenvalue weighted by Gasteiger charge is 2.53. The minimum absolute atomic E-state index is 0.0932. The maximum Gasteiger partial charge on any atom is 0.495 e. The van der Waals surface area contributed by atoms with Crippen LogP contribution in [0.2, 0.25) is 0 Å². The van der Waals surface area contributed by atoms with Crippen LogP contribution < -0.4 is 20.4 Å². The van der Waals surface area contributed by atoms with E-state index in [0.717, 1.165) is 59.2 Å². The Bertz CT molecular complexity index is 2480. The van der Waals surface area contributed by atoms with Crippen molar-refractivity contribution in [3.8, 4) is 11.5 Å². The normalized spacial score (nSPS) is 17.9. The van der Waals surface area contributed by atoms with Crippen LogP contribution in [0.4, 0.5) is 0 Å². The van der Waals surface area contributed by atoms with Gasteiger partial charge in [-0.25, -0.2) is 0 Å². The van der Waals surface area contributed by atoms with Crippen LogP contribution in [0.5, 0.6) is 11.5 Å². The first-order valence-corrected chi connectivity index (χ1v) is 26.8. The summed E-state index contributed by atoms with van der Waals surface area (Å²) in [5.74, 6) is 1.69. The lowest BCUT2D eigenvalue weighted by molar-refractivity contribution is -0.128. The molecule has 6 rings (SSSR count). The van der Waals surface area contributed by atoms with Crippen molar-refractivity contribution in [1.82, 2.24) is 0 Å². The van der Waals surface area contributed by atoms with E-state index in [1.165, 1.54) is 33.4 Å². The van der Waals surface area contributed by atoms with Gasteiger partial charge in [-0.05, 0) is 171 Å². The molecule has 0 aliphatic carbocycles. The van der Waals surface area contributed by atoms with Gasteiger partial charge in [-0.15, -0.1) is 0 Å². The molecule has 2 heterocycles. The molecule has 72 heavy (non-hydrogen) atoms. The van der Waals surface area contributed by atoms with Gasteiger partial charge in [0.15, 0.2) is 5.78 Å². The van der Waals surface area contributed by atoms with Gasteiger partial charge in [-0.1, -0.05) is 141 Å². The van der Waals surface area contributed by atoms with Crippen LogP contribution in [-0.4, -0.2) is 66.8 Å². The SMILES string of the molecule is CCC(CC)(c1ccc(OCC(=O)C(C)(C)C)c(C)c1)c1ccc(B2OC(C)(C)C(C)(C)O2)c(C)c1.CCC(CC)(c1ccc(OCC(O)C(C)(C)C)c(C)c1)c1ccc(B2OC(C)(C)C(C)(C)O2)c(C)c1. The summed E-state index contributed by atoms with van der Waals surface area (Å²) in [5, 5.41) is 10.4. The zero-order valence-electron chi connectivity index (χ0n) is 48.7. The molecule has 10 heteroatoms. The number of aliphatic hydroxyl groups is 1. The van der Waals surface area contributed by atoms with Crippen LogP contribution in [0.15, 0.2) is 72.8 Å². The average Bonchev–Trinajstić information content (AvgIpc) is 3.64. The minimum atomic E-state index is -0.521. The topological polar surface area (TPSA) is 92.7 Å². The Morgan fingerprint density at radius 1 is 0.514 bits per heavy atom. The molecule has 0 spiro atoms. The first kappa shape index (κ1) is 59.0. The van der Waals surface area contributed by atoms with Gasteiger partial charge in [-0.3, -0.25) is 4.79 Å². The molecule has 0 aromatic heterocycles. The summed E-state index contributed by atoms with van der Waals surface area (Å²) in [6.07, 6.45) is 3.40. The Kier molecular flexibility index (Phi) is 17.8. The van der Waals surface area contributed by atoms with Crippen molar-refractivity contribution in [2.75, 3.05) is 13.2 Å². The van der Waals surface area contributed by atoms with Crippen molar-refractivity contribution in [2.24, 2.45) is 10.8 Å². The number of hydrogen-bond donors (Lipinski definition) is 1. The second-order valence-corrected chi connectivity index (χ2v) is 25.0. The van der Waals surface area contributed by atoms with Crippen molar-refractivity contribution < 1.29 is 38.0 Å². The number of rotatable bonds is 16. The Balaban J connectivity index is 0.000000267. The van der Waals surface area contributed by atoms with Gasteiger partial charge in [0.25, 0.3) is 0 Å². The number of hydrogen-bond acceptors (Lipinski definition) is 8. The molecule has 2 aliphatic heterocycles. The number of aliphatic hydroxyl groups excluding tert-OH is 1. The number of ketones is 1. The molecular weight excluding hydrogens is 894 g/mol. The number of carbonyl (C=O) groups excluding carboxylic acids is 1. The van der Waals surface area contributed by atoms with E-state index >= 15 is 0 Å². The van der Waals surface area contributed by atoms with E-state index in [1.807, 2.05) is 47.6 Å². The molecule has 4 aromatic rings. The van der Waals surface area contributed by atoms with E-state index in [9.17, 15) is 9.90 Å². The van der Waals surface area contributed by atoms with Crippen LogP contribution >= 0.6 is 0 Å². The van der Waals surface area contributed by atoms with Crippen LogP contribution in [-0.2, 0) is 34.2 Å². The zero-order chi connectivity index (χ0) is 54.2. The maximum absolute atomic E-state index is 12.3. The molecule has 2 aliphatic rings. The van der Waals surface area contributed by atoms with Gasteiger partial charge in [0.1, 0.15) is 24.7 Å². The highest BCUT2D eigenvalue weighted by Crippen LogP contribution is 2.44. The molecular formula is C62H92B2O8.